The number of rotatable bonds is 5. The maximum Gasteiger partial charge on any atom is 0.255 e. The first-order valence-electron chi connectivity index (χ1n) is 6.68. The predicted octanol–water partition coefficient (Wildman–Crippen LogP) is 2.22. The average molecular weight is 272 g/mol. The summed E-state index contributed by atoms with van der Waals surface area (Å²) in [6.45, 7) is 3.54. The van der Waals surface area contributed by atoms with Gasteiger partial charge in [0.2, 0.25) is 0 Å². The minimum atomic E-state index is -0.00269. The Morgan fingerprint density at radius 1 is 1.30 bits per heavy atom. The highest BCUT2D eigenvalue weighted by Gasteiger charge is 2.12. The number of anilines is 1. The van der Waals surface area contributed by atoms with E-state index >= 15 is 0 Å². The highest BCUT2D eigenvalue weighted by molar-refractivity contribution is 5.99. The van der Waals surface area contributed by atoms with Gasteiger partial charge in [0.25, 0.3) is 5.91 Å². The zero-order valence-corrected chi connectivity index (χ0v) is 12.1. The van der Waals surface area contributed by atoms with Crippen molar-refractivity contribution < 1.29 is 4.79 Å². The second kappa shape index (κ2) is 6.23. The van der Waals surface area contributed by atoms with Crippen molar-refractivity contribution >= 4 is 11.6 Å². The van der Waals surface area contributed by atoms with Crippen LogP contribution in [0, 0.1) is 0 Å². The topological polar surface area (TPSA) is 50.2 Å². The number of aromatic nitrogens is 2. The van der Waals surface area contributed by atoms with E-state index in [4.69, 9.17) is 0 Å². The van der Waals surface area contributed by atoms with E-state index in [0.29, 0.717) is 12.1 Å². The number of hydrogen-bond acceptors (Lipinski definition) is 3. The van der Waals surface area contributed by atoms with E-state index in [2.05, 4.69) is 17.3 Å². The molecule has 0 bridgehead atoms. The fraction of sp³-hybridized carbons (Fsp3) is 0.333. The number of hydrogen-bond donors (Lipinski definition) is 1. The van der Waals surface area contributed by atoms with Crippen LogP contribution in [0.1, 0.15) is 23.0 Å². The van der Waals surface area contributed by atoms with E-state index in [9.17, 15) is 4.79 Å². The van der Waals surface area contributed by atoms with Gasteiger partial charge in [-0.1, -0.05) is 12.1 Å². The molecular formula is C15H20N4O. The summed E-state index contributed by atoms with van der Waals surface area (Å²) < 4.78 is 1.93. The first-order chi connectivity index (χ1) is 9.63. The van der Waals surface area contributed by atoms with Crippen LogP contribution in [0.25, 0.3) is 0 Å². The SMILES string of the molecule is CCn1nccc1CNc1ccccc1C(=O)N(C)C. The average Bonchev–Trinajstić information content (AvgIpc) is 2.92. The van der Waals surface area contributed by atoms with Gasteiger partial charge in [0, 0.05) is 32.5 Å². The van der Waals surface area contributed by atoms with Gasteiger partial charge in [0.05, 0.1) is 17.8 Å². The Morgan fingerprint density at radius 2 is 2.05 bits per heavy atom. The van der Waals surface area contributed by atoms with Crippen molar-refractivity contribution in [3.05, 3.63) is 47.8 Å². The Labute approximate surface area is 119 Å². The molecule has 106 valence electrons. The van der Waals surface area contributed by atoms with E-state index in [1.807, 2.05) is 35.0 Å². The molecule has 0 aliphatic rings. The maximum atomic E-state index is 12.1. The van der Waals surface area contributed by atoms with Gasteiger partial charge in [-0.05, 0) is 25.1 Å². The molecular weight excluding hydrogens is 252 g/mol. The lowest BCUT2D eigenvalue weighted by atomic mass is 10.1. The van der Waals surface area contributed by atoms with Crippen molar-refractivity contribution in [1.29, 1.82) is 0 Å². The van der Waals surface area contributed by atoms with Gasteiger partial charge < -0.3 is 10.2 Å². The van der Waals surface area contributed by atoms with Crippen molar-refractivity contribution in [3.63, 3.8) is 0 Å². The summed E-state index contributed by atoms with van der Waals surface area (Å²) >= 11 is 0. The first kappa shape index (κ1) is 14.1. The number of aryl methyl sites for hydroxylation is 1. The molecule has 0 aliphatic heterocycles. The first-order valence-corrected chi connectivity index (χ1v) is 6.68. The number of nitrogens with zero attached hydrogens (tertiary/aromatic N) is 3. The van der Waals surface area contributed by atoms with E-state index < -0.39 is 0 Å². The summed E-state index contributed by atoms with van der Waals surface area (Å²) in [5, 5.41) is 7.55. The quantitative estimate of drug-likeness (QED) is 0.908. The Bertz CT molecular complexity index is 589. The van der Waals surface area contributed by atoms with Crippen LogP contribution in [0.15, 0.2) is 36.5 Å². The molecule has 0 atom stereocenters. The van der Waals surface area contributed by atoms with E-state index in [1.54, 1.807) is 25.2 Å². The van der Waals surface area contributed by atoms with Crippen LogP contribution in [0.4, 0.5) is 5.69 Å². The van der Waals surface area contributed by atoms with Gasteiger partial charge in [-0.2, -0.15) is 5.10 Å². The molecule has 0 saturated carbocycles. The molecule has 1 aromatic carbocycles. The van der Waals surface area contributed by atoms with Gasteiger partial charge >= 0.3 is 0 Å². The fourth-order valence-corrected chi connectivity index (χ4v) is 2.05. The molecule has 0 unspecified atom stereocenters. The Morgan fingerprint density at radius 3 is 2.75 bits per heavy atom. The van der Waals surface area contributed by atoms with E-state index in [0.717, 1.165) is 17.9 Å². The fourth-order valence-electron chi connectivity index (χ4n) is 2.05. The van der Waals surface area contributed by atoms with Gasteiger partial charge in [0.15, 0.2) is 0 Å². The predicted molar refractivity (Wildman–Crippen MR) is 79.7 cm³/mol. The summed E-state index contributed by atoms with van der Waals surface area (Å²) in [5.41, 5.74) is 2.62. The number of nitrogens with one attached hydrogen (secondary N) is 1. The molecule has 2 aromatic rings. The summed E-state index contributed by atoms with van der Waals surface area (Å²) in [6.07, 6.45) is 1.79. The Kier molecular flexibility index (Phi) is 4.40. The van der Waals surface area contributed by atoms with Gasteiger partial charge in [-0.3, -0.25) is 9.48 Å². The van der Waals surface area contributed by atoms with Crippen LogP contribution in [0.3, 0.4) is 0 Å². The number of carbonyl (C=O) groups excluding carboxylic acids is 1. The van der Waals surface area contributed by atoms with E-state index in [-0.39, 0.29) is 5.91 Å². The third kappa shape index (κ3) is 2.99. The molecule has 0 saturated heterocycles. The lowest BCUT2D eigenvalue weighted by molar-refractivity contribution is 0.0828. The summed E-state index contributed by atoms with van der Waals surface area (Å²) in [7, 11) is 3.51. The Balaban J connectivity index is 2.16. The summed E-state index contributed by atoms with van der Waals surface area (Å²) in [5.74, 6) is -0.00269. The highest BCUT2D eigenvalue weighted by Crippen LogP contribution is 2.17. The molecule has 1 aromatic heterocycles. The van der Waals surface area contributed by atoms with Crippen molar-refractivity contribution in [2.45, 2.75) is 20.0 Å². The third-order valence-corrected chi connectivity index (χ3v) is 3.13. The third-order valence-electron chi connectivity index (χ3n) is 3.13. The largest absolute Gasteiger partial charge is 0.379 e. The van der Waals surface area contributed by atoms with Crippen LogP contribution < -0.4 is 5.32 Å². The monoisotopic (exact) mass is 272 g/mol. The number of benzene rings is 1. The van der Waals surface area contributed by atoms with Gasteiger partial charge in [-0.25, -0.2) is 0 Å². The number of amides is 1. The minimum absolute atomic E-state index is 0.00269. The summed E-state index contributed by atoms with van der Waals surface area (Å²) in [6, 6.07) is 9.53. The second-order valence-electron chi connectivity index (χ2n) is 4.74. The molecule has 5 nitrogen and oxygen atoms in total. The molecule has 1 heterocycles. The molecule has 0 aliphatic carbocycles. The number of para-hydroxylation sites is 1. The summed E-state index contributed by atoms with van der Waals surface area (Å²) in [4.78, 5) is 13.7. The van der Waals surface area contributed by atoms with Crippen LogP contribution in [-0.2, 0) is 13.1 Å². The molecule has 1 amide bonds. The molecule has 20 heavy (non-hydrogen) atoms. The molecule has 0 radical (unpaired) electrons. The standard InChI is InChI=1S/C15H20N4O/c1-4-19-12(9-10-17-19)11-16-14-8-6-5-7-13(14)15(20)18(2)3/h5-10,16H,4,11H2,1-3H3. The van der Waals surface area contributed by atoms with E-state index in [1.165, 1.54) is 0 Å². The van der Waals surface area contributed by atoms with Gasteiger partial charge in [0.1, 0.15) is 0 Å². The van der Waals surface area contributed by atoms with Crippen molar-refractivity contribution in [3.8, 4) is 0 Å². The molecule has 5 heteroatoms. The highest BCUT2D eigenvalue weighted by atomic mass is 16.2. The maximum absolute atomic E-state index is 12.1. The second-order valence-corrected chi connectivity index (χ2v) is 4.74. The normalized spacial score (nSPS) is 10.3. The van der Waals surface area contributed by atoms with Crippen molar-refractivity contribution in [2.75, 3.05) is 19.4 Å². The molecule has 2 rings (SSSR count). The lowest BCUT2D eigenvalue weighted by Gasteiger charge is -2.15. The molecule has 1 N–H and O–H groups in total. The Hall–Kier alpha value is -2.30. The molecule has 0 spiro atoms. The number of carbonyl (C=O) groups is 1. The lowest BCUT2D eigenvalue weighted by Crippen LogP contribution is -2.23. The van der Waals surface area contributed by atoms with Gasteiger partial charge in [-0.15, -0.1) is 0 Å². The van der Waals surface area contributed by atoms with Crippen molar-refractivity contribution in [1.82, 2.24) is 14.7 Å². The van der Waals surface area contributed by atoms with Crippen LogP contribution >= 0.6 is 0 Å². The van der Waals surface area contributed by atoms with Crippen LogP contribution in [0.2, 0.25) is 0 Å². The molecule has 0 fully saturated rings. The van der Waals surface area contributed by atoms with Crippen LogP contribution in [-0.4, -0.2) is 34.7 Å². The van der Waals surface area contributed by atoms with Crippen LogP contribution in [0.5, 0.6) is 0 Å². The zero-order valence-electron chi connectivity index (χ0n) is 12.1. The van der Waals surface area contributed by atoms with Crippen molar-refractivity contribution in [2.24, 2.45) is 0 Å². The smallest absolute Gasteiger partial charge is 0.255 e. The zero-order chi connectivity index (χ0) is 14.5. The minimum Gasteiger partial charge on any atom is -0.379 e.